The van der Waals surface area contributed by atoms with Gasteiger partial charge >= 0.3 is 11.9 Å². The molecule has 0 saturated carbocycles. The number of aryl methyl sites for hydroxylation is 1. The average molecular weight is 417 g/mol. The number of amides is 1. The Balaban J connectivity index is 0.000000823. The third-order valence-electron chi connectivity index (χ3n) is 3.24. The zero-order valence-corrected chi connectivity index (χ0v) is 16.3. The van der Waals surface area contributed by atoms with E-state index in [0.29, 0.717) is 6.42 Å². The van der Waals surface area contributed by atoms with Gasteiger partial charge in [-0.1, -0.05) is 29.3 Å². The molecule has 25 heavy (non-hydrogen) atoms. The number of nitrogens with one attached hydrogen (secondary N) is 1. The largest absolute Gasteiger partial charge is 0.473 e. The summed E-state index contributed by atoms with van der Waals surface area (Å²) in [5, 5.41) is 17.7. The molecule has 7 nitrogen and oxygen atoms in total. The number of carbonyl (C=O) groups excluding carboxylic acids is 1. The molecule has 0 spiro atoms. The molecule has 0 saturated heterocycles. The molecule has 3 N–H and O–H groups in total. The van der Waals surface area contributed by atoms with Crippen molar-refractivity contribution in [1.82, 2.24) is 4.90 Å². The van der Waals surface area contributed by atoms with E-state index in [0.717, 1.165) is 28.8 Å². The number of halogens is 1. The van der Waals surface area contributed by atoms with Crippen molar-refractivity contribution >= 4 is 39.5 Å². The summed E-state index contributed by atoms with van der Waals surface area (Å²) in [5.41, 5.74) is 1.99. The third kappa shape index (κ3) is 11.3. The van der Waals surface area contributed by atoms with Crippen LogP contribution in [0.5, 0.6) is 0 Å². The molecule has 0 aromatic heterocycles. The number of carboxylic acids is 2. The van der Waals surface area contributed by atoms with Crippen LogP contribution in [0.4, 0.5) is 5.69 Å². The number of anilines is 1. The second-order valence-electron chi connectivity index (χ2n) is 5.53. The minimum atomic E-state index is -1.82. The molecule has 0 aliphatic carbocycles. The Morgan fingerprint density at radius 3 is 2.24 bits per heavy atom. The molecule has 0 atom stereocenters. The van der Waals surface area contributed by atoms with Gasteiger partial charge in [0.05, 0.1) is 0 Å². The maximum Gasteiger partial charge on any atom is 0.414 e. The van der Waals surface area contributed by atoms with Crippen LogP contribution in [-0.4, -0.2) is 53.1 Å². The number of rotatable bonds is 7. The van der Waals surface area contributed by atoms with Gasteiger partial charge in [0.1, 0.15) is 0 Å². The zero-order chi connectivity index (χ0) is 19.4. The van der Waals surface area contributed by atoms with Gasteiger partial charge in [-0.3, -0.25) is 4.79 Å². The van der Waals surface area contributed by atoms with Crippen molar-refractivity contribution in [2.24, 2.45) is 0 Å². The van der Waals surface area contributed by atoms with E-state index in [1.165, 1.54) is 12.8 Å². The Kier molecular flexibility index (Phi) is 11.5. The molecule has 0 radical (unpaired) electrons. The first-order valence-corrected chi connectivity index (χ1v) is 8.67. The molecule has 1 rings (SSSR count). The number of benzene rings is 1. The minimum Gasteiger partial charge on any atom is -0.473 e. The van der Waals surface area contributed by atoms with Crippen molar-refractivity contribution in [2.45, 2.75) is 33.1 Å². The van der Waals surface area contributed by atoms with Crippen LogP contribution < -0.4 is 5.32 Å². The molecular weight excluding hydrogens is 392 g/mol. The topological polar surface area (TPSA) is 107 Å². The fourth-order valence-corrected chi connectivity index (χ4v) is 2.02. The minimum absolute atomic E-state index is 0.0741. The second-order valence-corrected chi connectivity index (χ2v) is 6.38. The molecule has 0 unspecified atom stereocenters. The van der Waals surface area contributed by atoms with Gasteiger partial charge in [0.15, 0.2) is 0 Å². The lowest BCUT2D eigenvalue weighted by Crippen LogP contribution is -2.25. The third-order valence-corrected chi connectivity index (χ3v) is 4.13. The standard InChI is InChI=1S/C15H23BrN2O.C2H2O4/c1-4-5-9-18(3)10-8-15(19)17-13-6-7-14(16)12(2)11-13;3-1(4)2(5)6/h6-7,11H,4-5,8-10H2,1-3H3,(H,17,19);(H,3,4)(H,5,6). The summed E-state index contributed by atoms with van der Waals surface area (Å²) in [5.74, 6) is -3.57. The summed E-state index contributed by atoms with van der Waals surface area (Å²) in [6.07, 6.45) is 2.91. The number of hydrogen-bond donors (Lipinski definition) is 3. The summed E-state index contributed by atoms with van der Waals surface area (Å²) >= 11 is 3.45. The lowest BCUT2D eigenvalue weighted by Gasteiger charge is -2.15. The number of aliphatic carboxylic acids is 2. The van der Waals surface area contributed by atoms with Gasteiger partial charge in [0.25, 0.3) is 0 Å². The van der Waals surface area contributed by atoms with Crippen LogP contribution in [-0.2, 0) is 14.4 Å². The summed E-state index contributed by atoms with van der Waals surface area (Å²) < 4.78 is 1.06. The maximum atomic E-state index is 11.8. The first kappa shape index (κ1) is 23.1. The van der Waals surface area contributed by atoms with Gasteiger partial charge in [-0.25, -0.2) is 9.59 Å². The summed E-state index contributed by atoms with van der Waals surface area (Å²) in [6.45, 7) is 6.05. The van der Waals surface area contributed by atoms with Crippen molar-refractivity contribution in [1.29, 1.82) is 0 Å². The predicted molar refractivity (Wildman–Crippen MR) is 99.8 cm³/mol. The van der Waals surface area contributed by atoms with E-state index in [2.05, 4.69) is 40.1 Å². The monoisotopic (exact) mass is 416 g/mol. The molecule has 0 fully saturated rings. The molecule has 1 aromatic carbocycles. The van der Waals surface area contributed by atoms with Gasteiger partial charge in [-0.05, 0) is 50.7 Å². The molecule has 0 heterocycles. The van der Waals surface area contributed by atoms with Crippen LogP contribution in [0, 0.1) is 6.92 Å². The normalized spacial score (nSPS) is 9.96. The maximum absolute atomic E-state index is 11.8. The summed E-state index contributed by atoms with van der Waals surface area (Å²) in [4.78, 5) is 32.2. The Morgan fingerprint density at radius 2 is 1.76 bits per heavy atom. The fourth-order valence-electron chi connectivity index (χ4n) is 1.78. The number of unbranched alkanes of at least 4 members (excludes halogenated alkanes) is 1. The molecule has 8 heteroatoms. The highest BCUT2D eigenvalue weighted by Crippen LogP contribution is 2.20. The first-order valence-electron chi connectivity index (χ1n) is 7.88. The van der Waals surface area contributed by atoms with E-state index >= 15 is 0 Å². The number of carbonyl (C=O) groups is 3. The molecule has 140 valence electrons. The van der Waals surface area contributed by atoms with Crippen LogP contribution in [0.2, 0.25) is 0 Å². The Bertz CT molecular complexity index is 580. The Hall–Kier alpha value is -1.93. The van der Waals surface area contributed by atoms with Gasteiger partial charge in [-0.2, -0.15) is 0 Å². The highest BCUT2D eigenvalue weighted by molar-refractivity contribution is 9.10. The molecule has 0 bridgehead atoms. The number of hydrogen-bond acceptors (Lipinski definition) is 4. The lowest BCUT2D eigenvalue weighted by molar-refractivity contribution is -0.159. The van der Waals surface area contributed by atoms with Crippen molar-refractivity contribution in [3.05, 3.63) is 28.2 Å². The molecular formula is C17H25BrN2O5. The van der Waals surface area contributed by atoms with Crippen molar-refractivity contribution in [3.63, 3.8) is 0 Å². The van der Waals surface area contributed by atoms with E-state index in [4.69, 9.17) is 19.8 Å². The Morgan fingerprint density at radius 1 is 1.16 bits per heavy atom. The quantitative estimate of drug-likeness (QED) is 0.589. The predicted octanol–water partition coefficient (Wildman–Crippen LogP) is 2.97. The van der Waals surface area contributed by atoms with E-state index in [1.807, 2.05) is 25.1 Å². The van der Waals surface area contributed by atoms with Crippen molar-refractivity contribution in [2.75, 3.05) is 25.5 Å². The smallest absolute Gasteiger partial charge is 0.414 e. The van der Waals surface area contributed by atoms with Gasteiger partial charge < -0.3 is 20.4 Å². The zero-order valence-electron chi connectivity index (χ0n) is 14.7. The molecule has 1 amide bonds. The van der Waals surface area contributed by atoms with Crippen molar-refractivity contribution < 1.29 is 24.6 Å². The number of nitrogens with zero attached hydrogens (tertiary/aromatic N) is 1. The van der Waals surface area contributed by atoms with Crippen LogP contribution in [0.25, 0.3) is 0 Å². The number of carboxylic acid groups (broad SMARTS) is 2. The van der Waals surface area contributed by atoms with Gasteiger partial charge in [-0.15, -0.1) is 0 Å². The van der Waals surface area contributed by atoms with Crippen LogP contribution in [0.3, 0.4) is 0 Å². The Labute approximate surface area is 156 Å². The molecule has 0 aliphatic heterocycles. The highest BCUT2D eigenvalue weighted by Gasteiger charge is 2.06. The van der Waals surface area contributed by atoms with Gasteiger partial charge in [0, 0.05) is 23.1 Å². The highest BCUT2D eigenvalue weighted by atomic mass is 79.9. The van der Waals surface area contributed by atoms with E-state index < -0.39 is 11.9 Å². The SMILES string of the molecule is CCCCN(C)CCC(=O)Nc1ccc(Br)c(C)c1.O=C(O)C(=O)O. The van der Waals surface area contributed by atoms with E-state index in [-0.39, 0.29) is 5.91 Å². The molecule has 0 aliphatic rings. The van der Waals surface area contributed by atoms with Crippen LogP contribution in [0.15, 0.2) is 22.7 Å². The van der Waals surface area contributed by atoms with Crippen LogP contribution in [0.1, 0.15) is 31.7 Å². The van der Waals surface area contributed by atoms with Gasteiger partial charge in [0.2, 0.25) is 5.91 Å². The first-order chi connectivity index (χ1) is 11.7. The van der Waals surface area contributed by atoms with E-state index in [1.54, 1.807) is 0 Å². The summed E-state index contributed by atoms with van der Waals surface area (Å²) in [7, 11) is 2.06. The van der Waals surface area contributed by atoms with Crippen molar-refractivity contribution in [3.8, 4) is 0 Å². The second kappa shape index (κ2) is 12.4. The fraction of sp³-hybridized carbons (Fsp3) is 0.471. The lowest BCUT2D eigenvalue weighted by atomic mass is 10.2. The van der Waals surface area contributed by atoms with Crippen LogP contribution >= 0.6 is 15.9 Å². The van der Waals surface area contributed by atoms with E-state index in [9.17, 15) is 4.79 Å². The molecule has 1 aromatic rings. The summed E-state index contributed by atoms with van der Waals surface area (Å²) in [6, 6.07) is 5.84. The average Bonchev–Trinajstić information content (AvgIpc) is 2.55.